The van der Waals surface area contributed by atoms with Crippen LogP contribution in [-0.4, -0.2) is 25.1 Å². The molecule has 0 aliphatic heterocycles. The van der Waals surface area contributed by atoms with Crippen molar-refractivity contribution >= 4 is 37.6 Å². The van der Waals surface area contributed by atoms with Crippen LogP contribution < -0.4 is 5.73 Å². The van der Waals surface area contributed by atoms with Crippen LogP contribution in [0.2, 0.25) is 0 Å². The number of nitrogens with two attached hydrogens (primary N) is 1. The van der Waals surface area contributed by atoms with Crippen LogP contribution in [0.25, 0.3) is 33.1 Å². The molecule has 2 N–H and O–H groups in total. The summed E-state index contributed by atoms with van der Waals surface area (Å²) in [5.74, 6) is 0.205. The first-order valence-electron chi connectivity index (χ1n) is 10.0. The van der Waals surface area contributed by atoms with E-state index in [2.05, 4.69) is 0 Å². The molecule has 0 atom stereocenters. The molecule has 0 spiro atoms. The van der Waals surface area contributed by atoms with Gasteiger partial charge >= 0.3 is 0 Å². The number of fused-ring (bicyclic) bond motifs is 3. The first-order valence-corrected chi connectivity index (χ1v) is 11.9. The quantitative estimate of drug-likeness (QED) is 0.428. The number of benzene rings is 3. The summed E-state index contributed by atoms with van der Waals surface area (Å²) in [5.41, 5.74) is 9.30. The molecule has 32 heavy (non-hydrogen) atoms. The number of aromatic nitrogens is 1. The van der Waals surface area contributed by atoms with Gasteiger partial charge in [-0.3, -0.25) is 4.79 Å². The highest BCUT2D eigenvalue weighted by Crippen LogP contribution is 2.35. The van der Waals surface area contributed by atoms with Crippen LogP contribution in [0, 0.1) is 0 Å². The van der Waals surface area contributed by atoms with Gasteiger partial charge in [0, 0.05) is 34.7 Å². The maximum atomic E-state index is 12.4. The number of furan rings is 1. The maximum Gasteiger partial charge on any atom is 0.249 e. The molecule has 0 saturated heterocycles. The van der Waals surface area contributed by atoms with E-state index in [4.69, 9.17) is 10.2 Å². The highest BCUT2D eigenvalue weighted by atomic mass is 32.2. The fourth-order valence-electron chi connectivity index (χ4n) is 4.28. The van der Waals surface area contributed by atoms with Crippen LogP contribution in [-0.2, 0) is 16.4 Å². The van der Waals surface area contributed by atoms with Crippen molar-refractivity contribution in [2.75, 3.05) is 6.26 Å². The number of sulfone groups is 1. The van der Waals surface area contributed by atoms with E-state index in [9.17, 15) is 13.2 Å². The summed E-state index contributed by atoms with van der Waals surface area (Å²) in [4.78, 5) is 12.5. The van der Waals surface area contributed by atoms with Crippen LogP contribution in [0.3, 0.4) is 0 Å². The summed E-state index contributed by atoms with van der Waals surface area (Å²) in [6, 6.07) is 21.9. The second-order valence-electron chi connectivity index (χ2n) is 7.74. The lowest BCUT2D eigenvalue weighted by molar-refractivity contribution is 0.100. The zero-order valence-electron chi connectivity index (χ0n) is 17.3. The molecule has 5 rings (SSSR count). The third-order valence-electron chi connectivity index (χ3n) is 5.66. The van der Waals surface area contributed by atoms with Gasteiger partial charge in [-0.2, -0.15) is 0 Å². The van der Waals surface area contributed by atoms with Crippen LogP contribution in [0.1, 0.15) is 15.9 Å². The Labute approximate surface area is 184 Å². The third kappa shape index (κ3) is 3.27. The third-order valence-corrected chi connectivity index (χ3v) is 6.86. The lowest BCUT2D eigenvalue weighted by atomic mass is 10.0. The first kappa shape index (κ1) is 20.1. The normalized spacial score (nSPS) is 11.9. The number of hydrogen-bond acceptors (Lipinski definition) is 4. The Morgan fingerprint density at radius 1 is 0.969 bits per heavy atom. The van der Waals surface area contributed by atoms with Crippen LogP contribution in [0.15, 0.2) is 88.4 Å². The lowest BCUT2D eigenvalue weighted by Gasteiger charge is -2.12. The van der Waals surface area contributed by atoms with Crippen molar-refractivity contribution in [2.45, 2.75) is 11.4 Å². The average Bonchev–Trinajstić information content (AvgIpc) is 3.40. The Morgan fingerprint density at radius 2 is 1.78 bits per heavy atom. The van der Waals surface area contributed by atoms with Gasteiger partial charge in [-0.05, 0) is 42.0 Å². The van der Waals surface area contributed by atoms with E-state index in [1.165, 1.54) is 6.26 Å². The van der Waals surface area contributed by atoms with Crippen LogP contribution >= 0.6 is 0 Å². The minimum absolute atomic E-state index is 0.281. The van der Waals surface area contributed by atoms with Gasteiger partial charge in [-0.1, -0.05) is 36.4 Å². The van der Waals surface area contributed by atoms with Crippen molar-refractivity contribution in [3.63, 3.8) is 0 Å². The standard InChI is InChI=1S/C25H20N2O4S/c1-32(29,30)23-10-3-2-6-17(23)15-27-20-8-4-7-19(25(26)28)24(20)18-12-11-16(14-21(18)27)22-9-5-13-31-22/h2-14H,15H2,1H3,(H2,26,28). The number of hydrogen-bond donors (Lipinski definition) is 1. The van der Waals surface area contributed by atoms with E-state index >= 15 is 0 Å². The summed E-state index contributed by atoms with van der Waals surface area (Å²) in [6.07, 6.45) is 2.82. The van der Waals surface area contributed by atoms with Crippen LogP contribution in [0.5, 0.6) is 0 Å². The molecule has 160 valence electrons. The molecule has 0 saturated carbocycles. The second-order valence-corrected chi connectivity index (χ2v) is 9.72. The van der Waals surface area contributed by atoms with Crippen molar-refractivity contribution in [2.24, 2.45) is 5.73 Å². The lowest BCUT2D eigenvalue weighted by Crippen LogP contribution is -2.11. The van der Waals surface area contributed by atoms with Gasteiger partial charge in [0.25, 0.3) is 0 Å². The fourth-order valence-corrected chi connectivity index (χ4v) is 5.22. The molecule has 1 amide bonds. The van der Waals surface area contributed by atoms with Crippen molar-refractivity contribution in [3.8, 4) is 11.3 Å². The monoisotopic (exact) mass is 444 g/mol. The molecule has 2 aromatic heterocycles. The summed E-state index contributed by atoms with van der Waals surface area (Å²) < 4.78 is 32.3. The number of carbonyl (C=O) groups is 1. The Hall–Kier alpha value is -3.84. The molecule has 2 heterocycles. The molecule has 0 aliphatic rings. The average molecular weight is 445 g/mol. The number of carbonyl (C=O) groups excluding carboxylic acids is 1. The van der Waals surface area contributed by atoms with Gasteiger partial charge in [0.1, 0.15) is 5.76 Å². The van der Waals surface area contributed by atoms with E-state index in [1.54, 1.807) is 30.5 Å². The zero-order chi connectivity index (χ0) is 22.5. The van der Waals surface area contributed by atoms with Crippen molar-refractivity contribution in [1.29, 1.82) is 0 Å². The number of rotatable bonds is 5. The van der Waals surface area contributed by atoms with Gasteiger partial charge in [-0.25, -0.2) is 8.42 Å². The Balaban J connectivity index is 1.83. The van der Waals surface area contributed by atoms with Gasteiger partial charge in [0.15, 0.2) is 9.84 Å². The van der Waals surface area contributed by atoms with E-state index in [0.29, 0.717) is 17.7 Å². The molecule has 0 aliphatic carbocycles. The summed E-state index contributed by atoms with van der Waals surface area (Å²) >= 11 is 0. The number of amides is 1. The molecule has 7 heteroatoms. The molecule has 0 fully saturated rings. The number of primary amides is 1. The van der Waals surface area contributed by atoms with E-state index in [0.717, 1.165) is 33.1 Å². The van der Waals surface area contributed by atoms with Crippen molar-refractivity contribution in [3.05, 3.63) is 90.2 Å². The Morgan fingerprint density at radius 3 is 2.50 bits per heavy atom. The summed E-state index contributed by atoms with van der Waals surface area (Å²) in [7, 11) is -3.41. The largest absolute Gasteiger partial charge is 0.464 e. The van der Waals surface area contributed by atoms with E-state index < -0.39 is 15.7 Å². The fraction of sp³-hybridized carbons (Fsp3) is 0.0800. The minimum Gasteiger partial charge on any atom is -0.464 e. The van der Waals surface area contributed by atoms with Gasteiger partial charge in [0.05, 0.1) is 22.2 Å². The molecule has 0 bridgehead atoms. The molecule has 0 radical (unpaired) electrons. The van der Waals surface area contributed by atoms with E-state index in [-0.39, 0.29) is 4.90 Å². The summed E-state index contributed by atoms with van der Waals surface area (Å²) in [5, 5.41) is 1.61. The highest BCUT2D eigenvalue weighted by molar-refractivity contribution is 7.90. The van der Waals surface area contributed by atoms with Crippen molar-refractivity contribution < 1.29 is 17.6 Å². The predicted octanol–water partition coefficient (Wildman–Crippen LogP) is 4.61. The molecular formula is C25H20N2O4S. The first-order chi connectivity index (χ1) is 15.3. The zero-order valence-corrected chi connectivity index (χ0v) is 18.1. The van der Waals surface area contributed by atoms with Gasteiger partial charge in [-0.15, -0.1) is 0 Å². The Kier molecular flexibility index (Phi) is 4.64. The molecule has 0 unspecified atom stereocenters. The van der Waals surface area contributed by atoms with Gasteiger partial charge < -0.3 is 14.7 Å². The minimum atomic E-state index is -3.41. The highest BCUT2D eigenvalue weighted by Gasteiger charge is 2.20. The molecule has 6 nitrogen and oxygen atoms in total. The topological polar surface area (TPSA) is 95.3 Å². The smallest absolute Gasteiger partial charge is 0.249 e. The summed E-state index contributed by atoms with van der Waals surface area (Å²) in [6.45, 7) is 0.313. The molecule has 3 aromatic carbocycles. The predicted molar refractivity (Wildman–Crippen MR) is 124 cm³/mol. The van der Waals surface area contributed by atoms with E-state index in [1.807, 2.05) is 53.1 Å². The van der Waals surface area contributed by atoms with Crippen molar-refractivity contribution in [1.82, 2.24) is 4.57 Å². The Bertz CT molecular complexity index is 1600. The SMILES string of the molecule is CS(=O)(=O)c1ccccc1Cn1c2cc(-c3ccco3)ccc2c2c(C(N)=O)cccc21. The van der Waals surface area contributed by atoms with Crippen LogP contribution in [0.4, 0.5) is 0 Å². The molecule has 5 aromatic rings. The number of nitrogens with zero attached hydrogens (tertiary/aromatic N) is 1. The maximum absolute atomic E-state index is 12.4. The molecular weight excluding hydrogens is 424 g/mol. The van der Waals surface area contributed by atoms with Gasteiger partial charge in [0.2, 0.25) is 5.91 Å². The second kappa shape index (κ2) is 7.39.